The molecule has 0 saturated carbocycles. The zero-order valence-corrected chi connectivity index (χ0v) is 21.4. The molecule has 1 fully saturated rings. The number of halogens is 1. The highest BCUT2D eigenvalue weighted by Gasteiger charge is 2.27. The van der Waals surface area contributed by atoms with Gasteiger partial charge in [0.1, 0.15) is 12.6 Å². The maximum absolute atomic E-state index is 12.8. The van der Waals surface area contributed by atoms with Gasteiger partial charge in [-0.2, -0.15) is 0 Å². The van der Waals surface area contributed by atoms with Crippen LogP contribution >= 0.6 is 12.4 Å². The minimum Gasteiger partial charge on any atom is -0.493 e. The standard InChI is InChI=1S/C25H33N3O6.ClH/c1-18(26-25(30)34-17-19-8-6-5-7-9-19)24(29)28-14-12-27(13-15-28)16-20-10-11-21(31-2)23(33-4)22(20)32-3;/h5-11,18H,12-17H2,1-4H3,(H,26,30);1H/t18-;/m0./s1. The van der Waals surface area contributed by atoms with Gasteiger partial charge in [0, 0.05) is 38.3 Å². The second-order valence-corrected chi connectivity index (χ2v) is 8.02. The summed E-state index contributed by atoms with van der Waals surface area (Å²) in [6.07, 6.45) is -0.608. The van der Waals surface area contributed by atoms with Crippen LogP contribution in [0.5, 0.6) is 17.2 Å². The van der Waals surface area contributed by atoms with Crippen molar-refractivity contribution in [1.29, 1.82) is 0 Å². The molecular formula is C25H34ClN3O6. The van der Waals surface area contributed by atoms with Crippen molar-refractivity contribution in [2.75, 3.05) is 47.5 Å². The van der Waals surface area contributed by atoms with Crippen molar-refractivity contribution in [2.45, 2.75) is 26.1 Å². The average Bonchev–Trinajstić information content (AvgIpc) is 2.87. The zero-order chi connectivity index (χ0) is 24.5. The summed E-state index contributed by atoms with van der Waals surface area (Å²) in [6, 6.07) is 12.6. The van der Waals surface area contributed by atoms with Crippen LogP contribution in [0.4, 0.5) is 4.79 Å². The Labute approximate surface area is 212 Å². The van der Waals surface area contributed by atoms with Crippen molar-refractivity contribution in [3.63, 3.8) is 0 Å². The van der Waals surface area contributed by atoms with E-state index in [0.29, 0.717) is 50.0 Å². The van der Waals surface area contributed by atoms with E-state index in [2.05, 4.69) is 10.2 Å². The van der Waals surface area contributed by atoms with Crippen molar-refractivity contribution in [1.82, 2.24) is 15.1 Å². The molecule has 1 aliphatic rings. The number of rotatable bonds is 9. The van der Waals surface area contributed by atoms with Crippen LogP contribution in [0.1, 0.15) is 18.1 Å². The highest BCUT2D eigenvalue weighted by molar-refractivity contribution is 5.85. The summed E-state index contributed by atoms with van der Waals surface area (Å²) in [5.41, 5.74) is 1.87. The van der Waals surface area contributed by atoms with Crippen LogP contribution in [0.15, 0.2) is 42.5 Å². The number of hydrogen-bond donors (Lipinski definition) is 1. The number of methoxy groups -OCH3 is 3. The number of carbonyl (C=O) groups is 2. The van der Waals surface area contributed by atoms with Gasteiger partial charge in [0.2, 0.25) is 11.7 Å². The molecule has 0 spiro atoms. The molecular weight excluding hydrogens is 474 g/mol. The Kier molecular flexibility index (Phi) is 10.9. The summed E-state index contributed by atoms with van der Waals surface area (Å²) in [6.45, 7) is 5.03. The fourth-order valence-corrected chi connectivity index (χ4v) is 3.93. The van der Waals surface area contributed by atoms with Gasteiger partial charge in [-0.05, 0) is 18.6 Å². The largest absolute Gasteiger partial charge is 0.493 e. The number of piperazine rings is 1. The molecule has 2 amide bonds. The lowest BCUT2D eigenvalue weighted by molar-refractivity contribution is -0.134. The summed E-state index contributed by atoms with van der Waals surface area (Å²) >= 11 is 0. The van der Waals surface area contributed by atoms with E-state index < -0.39 is 12.1 Å². The summed E-state index contributed by atoms with van der Waals surface area (Å²) in [5, 5.41) is 2.63. The van der Waals surface area contributed by atoms with Gasteiger partial charge >= 0.3 is 6.09 Å². The number of benzene rings is 2. The molecule has 0 radical (unpaired) electrons. The molecule has 0 aliphatic carbocycles. The molecule has 1 saturated heterocycles. The first-order valence-corrected chi connectivity index (χ1v) is 11.2. The van der Waals surface area contributed by atoms with Gasteiger partial charge in [-0.1, -0.05) is 36.4 Å². The van der Waals surface area contributed by atoms with Gasteiger partial charge in [-0.15, -0.1) is 12.4 Å². The van der Waals surface area contributed by atoms with Gasteiger partial charge in [-0.25, -0.2) is 4.79 Å². The number of alkyl carbamates (subject to hydrolysis) is 1. The van der Waals surface area contributed by atoms with Crippen molar-refractivity contribution in [3.8, 4) is 17.2 Å². The first kappa shape index (κ1) is 28.1. The molecule has 9 nitrogen and oxygen atoms in total. The maximum Gasteiger partial charge on any atom is 0.408 e. The summed E-state index contributed by atoms with van der Waals surface area (Å²) in [7, 11) is 4.78. The third-order valence-corrected chi connectivity index (χ3v) is 5.78. The van der Waals surface area contributed by atoms with Gasteiger partial charge in [0.05, 0.1) is 21.3 Å². The molecule has 0 unspecified atom stereocenters. The van der Waals surface area contributed by atoms with Gasteiger partial charge in [-0.3, -0.25) is 9.69 Å². The third kappa shape index (κ3) is 7.40. The number of nitrogens with zero attached hydrogens (tertiary/aromatic N) is 2. The topological polar surface area (TPSA) is 89.6 Å². The second kappa shape index (κ2) is 13.7. The fraction of sp³-hybridized carbons (Fsp3) is 0.440. The lowest BCUT2D eigenvalue weighted by Gasteiger charge is -2.36. The van der Waals surface area contributed by atoms with Crippen molar-refractivity contribution < 1.29 is 28.5 Å². The molecule has 10 heteroatoms. The highest BCUT2D eigenvalue weighted by Crippen LogP contribution is 2.40. The Bertz CT molecular complexity index is 967. The SMILES string of the molecule is COc1ccc(CN2CCN(C(=O)[C@H](C)NC(=O)OCc3ccccc3)CC2)c(OC)c1OC.Cl. The van der Waals surface area contributed by atoms with Gasteiger partial charge in [0.15, 0.2) is 11.5 Å². The van der Waals surface area contributed by atoms with E-state index in [1.807, 2.05) is 42.5 Å². The summed E-state index contributed by atoms with van der Waals surface area (Å²) < 4.78 is 21.6. The third-order valence-electron chi connectivity index (χ3n) is 5.78. The Hall–Kier alpha value is -3.17. The van der Waals surface area contributed by atoms with Crippen molar-refractivity contribution in [2.24, 2.45) is 0 Å². The van der Waals surface area contributed by atoms with Crippen LogP contribution in [0.25, 0.3) is 0 Å². The predicted molar refractivity (Wildman–Crippen MR) is 134 cm³/mol. The second-order valence-electron chi connectivity index (χ2n) is 8.02. The molecule has 1 heterocycles. The molecule has 192 valence electrons. The van der Waals surface area contributed by atoms with E-state index in [1.165, 1.54) is 0 Å². The van der Waals surface area contributed by atoms with Crippen LogP contribution in [0.2, 0.25) is 0 Å². The minimum absolute atomic E-state index is 0. The zero-order valence-electron chi connectivity index (χ0n) is 20.6. The molecule has 35 heavy (non-hydrogen) atoms. The molecule has 1 N–H and O–H groups in total. The number of hydrogen-bond acceptors (Lipinski definition) is 7. The van der Waals surface area contributed by atoms with Crippen molar-refractivity contribution in [3.05, 3.63) is 53.6 Å². The maximum atomic E-state index is 12.8. The molecule has 1 atom stereocenters. The number of carbonyl (C=O) groups excluding carboxylic acids is 2. The van der Waals surface area contributed by atoms with Crippen LogP contribution in [0, 0.1) is 0 Å². The fourth-order valence-electron chi connectivity index (χ4n) is 3.93. The van der Waals surface area contributed by atoms with Crippen LogP contribution in [0.3, 0.4) is 0 Å². The monoisotopic (exact) mass is 507 g/mol. The Morgan fingerprint density at radius 1 is 0.914 bits per heavy atom. The lowest BCUT2D eigenvalue weighted by Crippen LogP contribution is -2.54. The normalized spacial score (nSPS) is 14.3. The Morgan fingerprint density at radius 3 is 2.17 bits per heavy atom. The quantitative estimate of drug-likeness (QED) is 0.558. The highest BCUT2D eigenvalue weighted by atomic mass is 35.5. The van der Waals surface area contributed by atoms with Crippen LogP contribution < -0.4 is 19.5 Å². The van der Waals surface area contributed by atoms with E-state index in [4.69, 9.17) is 18.9 Å². The molecule has 2 aromatic rings. The number of nitrogens with one attached hydrogen (secondary N) is 1. The first-order chi connectivity index (χ1) is 16.5. The molecule has 3 rings (SSSR count). The summed E-state index contributed by atoms with van der Waals surface area (Å²) in [5.74, 6) is 1.70. The number of amides is 2. The van der Waals surface area contributed by atoms with Crippen LogP contribution in [-0.2, 0) is 22.7 Å². The molecule has 0 aromatic heterocycles. The lowest BCUT2D eigenvalue weighted by atomic mass is 10.1. The molecule has 1 aliphatic heterocycles. The Balaban J connectivity index is 0.00000432. The van der Waals surface area contributed by atoms with E-state index in [9.17, 15) is 9.59 Å². The van der Waals surface area contributed by atoms with E-state index >= 15 is 0 Å². The Morgan fingerprint density at radius 2 is 1.57 bits per heavy atom. The van der Waals surface area contributed by atoms with E-state index in [1.54, 1.807) is 33.2 Å². The minimum atomic E-state index is -0.666. The van der Waals surface area contributed by atoms with Gasteiger partial charge < -0.3 is 29.2 Å². The van der Waals surface area contributed by atoms with Gasteiger partial charge in [0.25, 0.3) is 0 Å². The van der Waals surface area contributed by atoms with E-state index in [0.717, 1.165) is 11.1 Å². The molecule has 0 bridgehead atoms. The van der Waals surface area contributed by atoms with Crippen molar-refractivity contribution >= 4 is 24.4 Å². The van der Waals surface area contributed by atoms with Crippen LogP contribution in [-0.4, -0.2) is 75.4 Å². The predicted octanol–water partition coefficient (Wildman–Crippen LogP) is 3.09. The van der Waals surface area contributed by atoms with E-state index in [-0.39, 0.29) is 24.9 Å². The average molecular weight is 508 g/mol. The first-order valence-electron chi connectivity index (χ1n) is 11.2. The number of ether oxygens (including phenoxy) is 4. The smallest absolute Gasteiger partial charge is 0.408 e. The summed E-state index contributed by atoms with van der Waals surface area (Å²) in [4.78, 5) is 28.9. The molecule has 2 aromatic carbocycles.